The number of hydrogen-bond donors (Lipinski definition) is 1. The molecule has 0 aliphatic carbocycles. The third-order valence-electron chi connectivity index (χ3n) is 2.45. The third-order valence-corrected chi connectivity index (χ3v) is 4.15. The third kappa shape index (κ3) is 4.18. The predicted octanol–water partition coefficient (Wildman–Crippen LogP) is 3.04. The lowest BCUT2D eigenvalue weighted by Crippen LogP contribution is -2.27. The Kier molecular flexibility index (Phi) is 4.84. The molecule has 0 heterocycles. The van der Waals surface area contributed by atoms with Crippen molar-refractivity contribution in [2.75, 3.05) is 0 Å². The van der Waals surface area contributed by atoms with E-state index in [0.29, 0.717) is 10.0 Å². The molecule has 0 amide bonds. The second-order valence-electron chi connectivity index (χ2n) is 3.94. The van der Waals surface area contributed by atoms with Crippen molar-refractivity contribution in [2.45, 2.75) is 4.90 Å². The van der Waals surface area contributed by atoms with Crippen LogP contribution in [0.25, 0.3) is 0 Å². The number of halogens is 2. The van der Waals surface area contributed by atoms with Crippen molar-refractivity contribution in [1.29, 1.82) is 0 Å². The molecule has 0 atom stereocenters. The number of nitrogens with one attached hydrogen (secondary N) is 1. The van der Waals surface area contributed by atoms with Gasteiger partial charge in [-0.05, 0) is 53.4 Å². The molecule has 0 spiro atoms. The minimum Gasteiger partial charge on any atom is -0.351 e. The standard InChI is InChI=1S/C13H9Cl2NO4S/c14-10-3-1-9(2-4-10)13(17)20-16-21(18,19)12-7-5-11(15)6-8-12/h1-8,16H. The zero-order valence-electron chi connectivity index (χ0n) is 10.4. The molecule has 110 valence electrons. The smallest absolute Gasteiger partial charge is 0.351 e. The summed E-state index contributed by atoms with van der Waals surface area (Å²) in [6.45, 7) is 0. The zero-order chi connectivity index (χ0) is 15.5. The molecule has 0 aromatic heterocycles. The van der Waals surface area contributed by atoms with Crippen molar-refractivity contribution >= 4 is 39.2 Å². The maximum Gasteiger partial charge on any atom is 0.357 e. The molecular formula is C13H9Cl2NO4S. The van der Waals surface area contributed by atoms with Crippen molar-refractivity contribution in [2.24, 2.45) is 0 Å². The molecule has 0 unspecified atom stereocenters. The van der Waals surface area contributed by atoms with Crippen LogP contribution in [0.1, 0.15) is 10.4 Å². The molecule has 2 aromatic rings. The van der Waals surface area contributed by atoms with Gasteiger partial charge in [-0.1, -0.05) is 23.2 Å². The number of rotatable bonds is 4. The molecule has 21 heavy (non-hydrogen) atoms. The highest BCUT2D eigenvalue weighted by atomic mass is 35.5. The molecule has 0 aliphatic rings. The van der Waals surface area contributed by atoms with Gasteiger partial charge in [-0.3, -0.25) is 0 Å². The fourth-order valence-electron chi connectivity index (χ4n) is 1.40. The highest BCUT2D eigenvalue weighted by molar-refractivity contribution is 7.89. The Bertz CT molecular complexity index is 743. The molecule has 0 fully saturated rings. The summed E-state index contributed by atoms with van der Waals surface area (Å²) < 4.78 is 23.8. The van der Waals surface area contributed by atoms with Gasteiger partial charge in [-0.15, -0.1) is 0 Å². The fraction of sp³-hybridized carbons (Fsp3) is 0. The number of sulfonamides is 1. The van der Waals surface area contributed by atoms with Crippen molar-refractivity contribution in [1.82, 2.24) is 4.89 Å². The largest absolute Gasteiger partial charge is 0.357 e. The quantitative estimate of drug-likeness (QED) is 0.864. The first kappa shape index (κ1) is 15.8. The van der Waals surface area contributed by atoms with Crippen LogP contribution in [0.2, 0.25) is 10.0 Å². The first-order valence-corrected chi connectivity index (χ1v) is 7.86. The second-order valence-corrected chi connectivity index (χ2v) is 6.45. The van der Waals surface area contributed by atoms with Gasteiger partial charge in [0.25, 0.3) is 10.0 Å². The minimum absolute atomic E-state index is 0.0733. The number of benzene rings is 2. The van der Waals surface area contributed by atoms with Crippen molar-refractivity contribution < 1.29 is 18.0 Å². The average molecular weight is 346 g/mol. The lowest BCUT2D eigenvalue weighted by molar-refractivity contribution is 0.0407. The Balaban J connectivity index is 2.06. The monoisotopic (exact) mass is 345 g/mol. The first-order chi connectivity index (χ1) is 9.88. The molecule has 0 radical (unpaired) electrons. The molecule has 5 nitrogen and oxygen atoms in total. The maximum absolute atomic E-state index is 11.9. The van der Waals surface area contributed by atoms with E-state index in [4.69, 9.17) is 23.2 Å². The number of carbonyl (C=O) groups is 1. The normalized spacial score (nSPS) is 11.1. The topological polar surface area (TPSA) is 72.5 Å². The summed E-state index contributed by atoms with van der Waals surface area (Å²) in [4.78, 5) is 17.9. The van der Waals surface area contributed by atoms with E-state index in [1.54, 1.807) is 4.89 Å². The Morgan fingerprint density at radius 1 is 0.905 bits per heavy atom. The van der Waals surface area contributed by atoms with Crippen LogP contribution in [0.4, 0.5) is 0 Å². The highest BCUT2D eigenvalue weighted by Crippen LogP contribution is 2.14. The predicted molar refractivity (Wildman–Crippen MR) is 78.6 cm³/mol. The summed E-state index contributed by atoms with van der Waals surface area (Å²) in [7, 11) is -3.97. The Hall–Kier alpha value is -1.60. The summed E-state index contributed by atoms with van der Waals surface area (Å²) >= 11 is 11.4. The van der Waals surface area contributed by atoms with Gasteiger partial charge in [-0.2, -0.15) is 0 Å². The van der Waals surface area contributed by atoms with Gasteiger partial charge in [-0.25, -0.2) is 13.2 Å². The van der Waals surface area contributed by atoms with Crippen LogP contribution >= 0.6 is 23.2 Å². The van der Waals surface area contributed by atoms with Crippen LogP contribution in [-0.4, -0.2) is 14.4 Å². The Morgan fingerprint density at radius 3 is 1.90 bits per heavy atom. The van der Waals surface area contributed by atoms with Crippen LogP contribution in [0.5, 0.6) is 0 Å². The van der Waals surface area contributed by atoms with E-state index in [1.165, 1.54) is 48.5 Å². The van der Waals surface area contributed by atoms with Crippen molar-refractivity contribution in [3.63, 3.8) is 0 Å². The summed E-state index contributed by atoms with van der Waals surface area (Å²) in [5.41, 5.74) is 0.165. The van der Waals surface area contributed by atoms with Crippen LogP contribution < -0.4 is 4.89 Å². The van der Waals surface area contributed by atoms with Gasteiger partial charge in [0, 0.05) is 10.0 Å². The molecule has 8 heteroatoms. The van der Waals surface area contributed by atoms with Gasteiger partial charge in [0.15, 0.2) is 0 Å². The van der Waals surface area contributed by atoms with E-state index in [2.05, 4.69) is 4.84 Å². The lowest BCUT2D eigenvalue weighted by atomic mass is 10.2. The molecule has 2 rings (SSSR count). The Morgan fingerprint density at radius 2 is 1.38 bits per heavy atom. The minimum atomic E-state index is -3.97. The molecule has 2 aromatic carbocycles. The maximum atomic E-state index is 11.9. The highest BCUT2D eigenvalue weighted by Gasteiger charge is 2.17. The van der Waals surface area contributed by atoms with E-state index >= 15 is 0 Å². The Labute approximate surface area is 131 Å². The molecular weight excluding hydrogens is 337 g/mol. The SMILES string of the molecule is O=C(ONS(=O)(=O)c1ccc(Cl)cc1)c1ccc(Cl)cc1. The lowest BCUT2D eigenvalue weighted by Gasteiger charge is -2.07. The van der Waals surface area contributed by atoms with Gasteiger partial charge >= 0.3 is 5.97 Å². The van der Waals surface area contributed by atoms with Crippen LogP contribution in [-0.2, 0) is 14.9 Å². The van der Waals surface area contributed by atoms with Crippen LogP contribution in [0.15, 0.2) is 53.4 Å². The zero-order valence-corrected chi connectivity index (χ0v) is 12.7. The van der Waals surface area contributed by atoms with Crippen LogP contribution in [0, 0.1) is 0 Å². The summed E-state index contributed by atoms with van der Waals surface area (Å²) in [5.74, 6) is -0.843. The molecule has 0 aliphatic heterocycles. The van der Waals surface area contributed by atoms with Gasteiger partial charge in [0.2, 0.25) is 0 Å². The summed E-state index contributed by atoms with van der Waals surface area (Å²) in [6.07, 6.45) is 0. The second kappa shape index (κ2) is 6.44. The van der Waals surface area contributed by atoms with Crippen LogP contribution in [0.3, 0.4) is 0 Å². The number of carbonyl (C=O) groups excluding carboxylic acids is 1. The van der Waals surface area contributed by atoms with E-state index in [-0.39, 0.29) is 10.5 Å². The number of hydrogen-bond acceptors (Lipinski definition) is 4. The molecule has 0 bridgehead atoms. The van der Waals surface area contributed by atoms with Gasteiger partial charge < -0.3 is 4.84 Å². The van der Waals surface area contributed by atoms with E-state index in [0.717, 1.165) is 0 Å². The van der Waals surface area contributed by atoms with E-state index in [1.807, 2.05) is 0 Å². The first-order valence-electron chi connectivity index (χ1n) is 5.62. The molecule has 0 saturated carbocycles. The van der Waals surface area contributed by atoms with E-state index in [9.17, 15) is 13.2 Å². The summed E-state index contributed by atoms with van der Waals surface area (Å²) in [5, 5.41) is 0.848. The van der Waals surface area contributed by atoms with Gasteiger partial charge in [0.1, 0.15) is 0 Å². The van der Waals surface area contributed by atoms with Crippen molar-refractivity contribution in [3.8, 4) is 0 Å². The van der Waals surface area contributed by atoms with Gasteiger partial charge in [0.05, 0.1) is 10.5 Å². The molecule has 0 saturated heterocycles. The fourth-order valence-corrected chi connectivity index (χ4v) is 2.43. The van der Waals surface area contributed by atoms with Crippen molar-refractivity contribution in [3.05, 3.63) is 64.1 Å². The molecule has 1 N–H and O–H groups in total. The average Bonchev–Trinajstić information content (AvgIpc) is 2.46. The van der Waals surface area contributed by atoms with E-state index < -0.39 is 16.0 Å². The summed E-state index contributed by atoms with van der Waals surface area (Å²) in [6, 6.07) is 11.2.